The van der Waals surface area contributed by atoms with Crippen LogP contribution in [0.5, 0.6) is 17.2 Å². The van der Waals surface area contributed by atoms with Gasteiger partial charge in [-0.2, -0.15) is 4.31 Å². The van der Waals surface area contributed by atoms with E-state index in [4.69, 9.17) is 9.47 Å². The average Bonchev–Trinajstić information content (AvgIpc) is 2.73. The van der Waals surface area contributed by atoms with Gasteiger partial charge in [0.25, 0.3) is 0 Å². The second-order valence-corrected chi connectivity index (χ2v) is 8.39. The van der Waals surface area contributed by atoms with Gasteiger partial charge >= 0.3 is 0 Å². The van der Waals surface area contributed by atoms with Crippen LogP contribution in [0.4, 0.5) is 5.69 Å². The summed E-state index contributed by atoms with van der Waals surface area (Å²) in [4.78, 5) is 4.43. The lowest BCUT2D eigenvalue weighted by Gasteiger charge is -2.26. The summed E-state index contributed by atoms with van der Waals surface area (Å²) in [6.45, 7) is 1.02. The normalized spacial score (nSPS) is 15.6. The Labute approximate surface area is 165 Å². The largest absolute Gasteiger partial charge is 0.507 e. The van der Waals surface area contributed by atoms with Crippen molar-refractivity contribution in [2.45, 2.75) is 24.2 Å². The number of hydrogen-bond donors (Lipinski definition) is 1. The highest BCUT2D eigenvalue weighted by Gasteiger charge is 2.29. The minimum atomic E-state index is -3.66. The van der Waals surface area contributed by atoms with E-state index < -0.39 is 10.0 Å². The van der Waals surface area contributed by atoms with Gasteiger partial charge in [-0.05, 0) is 49.2 Å². The van der Waals surface area contributed by atoms with Crippen molar-refractivity contribution in [3.63, 3.8) is 0 Å². The fourth-order valence-electron chi connectivity index (χ4n) is 3.10. The fraction of sp³-hybridized carbons (Fsp3) is 0.350. The summed E-state index contributed by atoms with van der Waals surface area (Å²) >= 11 is 0. The first-order valence-electron chi connectivity index (χ1n) is 9.05. The van der Waals surface area contributed by atoms with Crippen LogP contribution in [0.15, 0.2) is 46.3 Å². The molecule has 8 heteroatoms. The van der Waals surface area contributed by atoms with Crippen LogP contribution >= 0.6 is 0 Å². The van der Waals surface area contributed by atoms with Crippen molar-refractivity contribution in [3.8, 4) is 17.2 Å². The molecule has 150 valence electrons. The van der Waals surface area contributed by atoms with E-state index in [-0.39, 0.29) is 16.4 Å². The molecule has 2 aromatic carbocycles. The van der Waals surface area contributed by atoms with Gasteiger partial charge in [-0.3, -0.25) is 4.99 Å². The van der Waals surface area contributed by atoms with Crippen molar-refractivity contribution in [1.29, 1.82) is 0 Å². The number of rotatable bonds is 6. The molecule has 1 saturated heterocycles. The summed E-state index contributed by atoms with van der Waals surface area (Å²) in [5.74, 6) is 0.926. The SMILES string of the molecule is COc1ccc(O)c(C=Nc2ccc(OC)c(S(=O)(=O)N3CCCCC3)c2)c1. The molecule has 1 aliphatic heterocycles. The molecule has 1 heterocycles. The Balaban J connectivity index is 1.95. The zero-order valence-electron chi connectivity index (χ0n) is 16.0. The Kier molecular flexibility index (Phi) is 6.21. The number of sulfonamides is 1. The zero-order valence-corrected chi connectivity index (χ0v) is 16.8. The molecule has 0 spiro atoms. The van der Waals surface area contributed by atoms with Crippen LogP contribution in [0.3, 0.4) is 0 Å². The highest BCUT2D eigenvalue weighted by Crippen LogP contribution is 2.32. The standard InChI is InChI=1S/C20H24N2O5S/c1-26-17-7-8-18(23)15(12-17)14-21-16-6-9-19(27-2)20(13-16)28(24,25)22-10-4-3-5-11-22/h6-9,12-14,23H,3-5,10-11H2,1-2H3. The molecule has 7 nitrogen and oxygen atoms in total. The first-order chi connectivity index (χ1) is 13.5. The van der Waals surface area contributed by atoms with Gasteiger partial charge in [0.15, 0.2) is 0 Å². The Morgan fingerprint density at radius 1 is 1.04 bits per heavy atom. The number of aromatic hydroxyl groups is 1. The third kappa shape index (κ3) is 4.28. The Hall–Kier alpha value is -2.58. The van der Waals surface area contributed by atoms with Gasteiger partial charge in [0, 0.05) is 24.9 Å². The monoisotopic (exact) mass is 404 g/mol. The number of ether oxygens (including phenoxy) is 2. The minimum absolute atomic E-state index is 0.0548. The van der Waals surface area contributed by atoms with E-state index in [1.165, 1.54) is 36.9 Å². The fourth-order valence-corrected chi connectivity index (χ4v) is 4.79. The van der Waals surface area contributed by atoms with Gasteiger partial charge < -0.3 is 14.6 Å². The Morgan fingerprint density at radius 2 is 1.79 bits per heavy atom. The van der Waals surface area contributed by atoms with Crippen molar-refractivity contribution in [2.75, 3.05) is 27.3 Å². The summed E-state index contributed by atoms with van der Waals surface area (Å²) < 4.78 is 38.1. The van der Waals surface area contributed by atoms with Crippen LogP contribution in [0, 0.1) is 0 Å². The number of benzene rings is 2. The Bertz CT molecular complexity index is 967. The van der Waals surface area contributed by atoms with E-state index in [1.54, 1.807) is 24.3 Å². The molecule has 2 aromatic rings. The van der Waals surface area contributed by atoms with E-state index in [1.807, 2.05) is 0 Å². The molecule has 1 fully saturated rings. The van der Waals surface area contributed by atoms with Crippen molar-refractivity contribution < 1.29 is 23.0 Å². The summed E-state index contributed by atoms with van der Waals surface area (Å²) in [6.07, 6.45) is 4.22. The molecular weight excluding hydrogens is 380 g/mol. The van der Waals surface area contributed by atoms with Crippen molar-refractivity contribution >= 4 is 21.9 Å². The second-order valence-electron chi connectivity index (χ2n) is 6.48. The van der Waals surface area contributed by atoms with Crippen molar-refractivity contribution in [2.24, 2.45) is 4.99 Å². The van der Waals surface area contributed by atoms with Gasteiger partial charge in [-0.1, -0.05) is 6.42 Å². The number of phenols is 1. The number of piperidine rings is 1. The topological polar surface area (TPSA) is 88.4 Å². The van der Waals surface area contributed by atoms with E-state index in [9.17, 15) is 13.5 Å². The maximum absolute atomic E-state index is 13.1. The number of nitrogens with zero attached hydrogens (tertiary/aromatic N) is 2. The number of hydrogen-bond acceptors (Lipinski definition) is 6. The van der Waals surface area contributed by atoms with E-state index in [0.29, 0.717) is 30.1 Å². The Morgan fingerprint density at radius 3 is 2.46 bits per heavy atom. The van der Waals surface area contributed by atoms with Gasteiger partial charge in [0.2, 0.25) is 10.0 Å². The smallest absolute Gasteiger partial charge is 0.246 e. The molecule has 0 bridgehead atoms. The third-order valence-electron chi connectivity index (χ3n) is 4.67. The molecule has 0 aromatic heterocycles. The molecule has 0 unspecified atom stereocenters. The van der Waals surface area contributed by atoms with E-state index >= 15 is 0 Å². The molecular formula is C20H24N2O5S. The van der Waals surface area contributed by atoms with E-state index in [0.717, 1.165) is 19.3 Å². The molecule has 0 radical (unpaired) electrons. The average molecular weight is 404 g/mol. The molecule has 0 saturated carbocycles. The minimum Gasteiger partial charge on any atom is -0.507 e. The maximum atomic E-state index is 13.1. The highest BCUT2D eigenvalue weighted by atomic mass is 32.2. The lowest BCUT2D eigenvalue weighted by Crippen LogP contribution is -2.35. The van der Waals surface area contributed by atoms with Crippen LogP contribution in [-0.2, 0) is 10.0 Å². The molecule has 1 N–H and O–H groups in total. The molecule has 3 rings (SSSR count). The number of methoxy groups -OCH3 is 2. The zero-order chi connectivity index (χ0) is 20.1. The van der Waals surface area contributed by atoms with Gasteiger partial charge in [-0.15, -0.1) is 0 Å². The molecule has 0 aliphatic carbocycles. The lowest BCUT2D eigenvalue weighted by molar-refractivity contribution is 0.343. The van der Waals surface area contributed by atoms with Crippen molar-refractivity contribution in [1.82, 2.24) is 4.31 Å². The second kappa shape index (κ2) is 8.62. The van der Waals surface area contributed by atoms with Gasteiger partial charge in [-0.25, -0.2) is 8.42 Å². The summed E-state index contributed by atoms with van der Waals surface area (Å²) in [5, 5.41) is 9.98. The summed E-state index contributed by atoms with van der Waals surface area (Å²) in [5.41, 5.74) is 0.911. The lowest BCUT2D eigenvalue weighted by atomic mass is 10.2. The van der Waals surface area contributed by atoms with Crippen molar-refractivity contribution in [3.05, 3.63) is 42.0 Å². The third-order valence-corrected chi connectivity index (χ3v) is 6.59. The summed E-state index contributed by atoms with van der Waals surface area (Å²) in [7, 11) is -0.682. The van der Waals surface area contributed by atoms with E-state index in [2.05, 4.69) is 4.99 Å². The molecule has 0 amide bonds. The predicted octanol–water partition coefficient (Wildman–Crippen LogP) is 3.33. The molecule has 28 heavy (non-hydrogen) atoms. The molecule has 0 atom stereocenters. The van der Waals surface area contributed by atoms with Crippen LogP contribution in [0.1, 0.15) is 24.8 Å². The van der Waals surface area contributed by atoms with Crippen LogP contribution in [-0.4, -0.2) is 51.4 Å². The first kappa shape index (κ1) is 20.2. The van der Waals surface area contributed by atoms with Crippen LogP contribution < -0.4 is 9.47 Å². The van der Waals surface area contributed by atoms with Crippen LogP contribution in [0.2, 0.25) is 0 Å². The van der Waals surface area contributed by atoms with Gasteiger partial charge in [0.05, 0.1) is 19.9 Å². The maximum Gasteiger partial charge on any atom is 0.246 e. The predicted molar refractivity (Wildman–Crippen MR) is 108 cm³/mol. The molecule has 1 aliphatic rings. The summed E-state index contributed by atoms with van der Waals surface area (Å²) in [6, 6.07) is 9.56. The number of phenolic OH excluding ortho intramolecular Hbond substituents is 1. The van der Waals surface area contributed by atoms with Gasteiger partial charge in [0.1, 0.15) is 22.1 Å². The van der Waals surface area contributed by atoms with Crippen LogP contribution in [0.25, 0.3) is 0 Å². The quantitative estimate of drug-likeness (QED) is 0.746. The highest BCUT2D eigenvalue weighted by molar-refractivity contribution is 7.89. The number of aliphatic imine (C=N–C) groups is 1. The first-order valence-corrected chi connectivity index (χ1v) is 10.5.